The standard InChI is InChI=1S/C13H11ClN2O4/c1-2-9-10(13(19)20)11(14)16(15-9)8-5-3-4-7(6-8)12(17)18/h3-6H,2H2,1H3,(H,17,18)(H,19,20). The highest BCUT2D eigenvalue weighted by atomic mass is 35.5. The second kappa shape index (κ2) is 5.34. The third-order valence-electron chi connectivity index (χ3n) is 2.79. The molecule has 0 saturated heterocycles. The number of aryl methyl sites for hydroxylation is 1. The number of carbonyl (C=O) groups is 2. The topological polar surface area (TPSA) is 92.4 Å². The van der Waals surface area contributed by atoms with E-state index in [4.69, 9.17) is 21.8 Å². The first kappa shape index (κ1) is 14.1. The van der Waals surface area contributed by atoms with Crippen molar-refractivity contribution in [2.75, 3.05) is 0 Å². The van der Waals surface area contributed by atoms with Crippen LogP contribution in [0.5, 0.6) is 0 Å². The molecule has 0 aliphatic rings. The molecule has 0 radical (unpaired) electrons. The van der Waals surface area contributed by atoms with E-state index < -0.39 is 11.9 Å². The lowest BCUT2D eigenvalue weighted by Gasteiger charge is -2.04. The second-order valence-electron chi connectivity index (χ2n) is 4.04. The molecule has 6 nitrogen and oxygen atoms in total. The number of benzene rings is 1. The van der Waals surface area contributed by atoms with Gasteiger partial charge in [-0.25, -0.2) is 14.3 Å². The highest BCUT2D eigenvalue weighted by molar-refractivity contribution is 6.33. The normalized spacial score (nSPS) is 10.5. The van der Waals surface area contributed by atoms with Gasteiger partial charge in [0.15, 0.2) is 0 Å². The van der Waals surface area contributed by atoms with E-state index >= 15 is 0 Å². The summed E-state index contributed by atoms with van der Waals surface area (Å²) in [6.07, 6.45) is 0.410. The van der Waals surface area contributed by atoms with Gasteiger partial charge in [0.1, 0.15) is 10.7 Å². The maximum absolute atomic E-state index is 11.2. The Morgan fingerprint density at radius 2 is 2.00 bits per heavy atom. The van der Waals surface area contributed by atoms with Gasteiger partial charge in [-0.2, -0.15) is 5.10 Å². The van der Waals surface area contributed by atoms with Gasteiger partial charge in [0.2, 0.25) is 0 Å². The Labute approximate surface area is 119 Å². The molecule has 2 rings (SSSR count). The van der Waals surface area contributed by atoms with Gasteiger partial charge in [-0.3, -0.25) is 0 Å². The zero-order chi connectivity index (χ0) is 14.9. The fourth-order valence-electron chi connectivity index (χ4n) is 1.84. The number of carboxylic acid groups (broad SMARTS) is 2. The Balaban J connectivity index is 2.61. The van der Waals surface area contributed by atoms with Crippen LogP contribution in [0.4, 0.5) is 0 Å². The summed E-state index contributed by atoms with van der Waals surface area (Å²) in [5, 5.41) is 22.2. The zero-order valence-electron chi connectivity index (χ0n) is 10.5. The summed E-state index contributed by atoms with van der Waals surface area (Å²) in [6.45, 7) is 1.77. The smallest absolute Gasteiger partial charge is 0.340 e. The molecule has 1 aromatic heterocycles. The molecular weight excluding hydrogens is 284 g/mol. The number of aromatic nitrogens is 2. The highest BCUT2D eigenvalue weighted by Crippen LogP contribution is 2.24. The number of halogens is 1. The van der Waals surface area contributed by atoms with E-state index in [0.717, 1.165) is 0 Å². The molecule has 0 unspecified atom stereocenters. The minimum atomic E-state index is -1.16. The second-order valence-corrected chi connectivity index (χ2v) is 4.40. The van der Waals surface area contributed by atoms with E-state index in [1.807, 2.05) is 0 Å². The number of aromatic carboxylic acids is 2. The van der Waals surface area contributed by atoms with Crippen molar-refractivity contribution in [2.45, 2.75) is 13.3 Å². The quantitative estimate of drug-likeness (QED) is 0.903. The lowest BCUT2D eigenvalue weighted by molar-refractivity contribution is 0.0685. The minimum Gasteiger partial charge on any atom is -0.478 e. The van der Waals surface area contributed by atoms with E-state index in [1.165, 1.54) is 16.8 Å². The summed E-state index contributed by atoms with van der Waals surface area (Å²) in [6, 6.07) is 5.97. The summed E-state index contributed by atoms with van der Waals surface area (Å²) in [7, 11) is 0. The Morgan fingerprint density at radius 3 is 2.50 bits per heavy atom. The van der Waals surface area contributed by atoms with Crippen molar-refractivity contribution in [3.8, 4) is 5.69 Å². The van der Waals surface area contributed by atoms with E-state index in [2.05, 4.69) is 5.10 Å². The molecule has 0 aliphatic carbocycles. The molecule has 2 aromatic rings. The molecule has 0 spiro atoms. The van der Waals surface area contributed by atoms with Gasteiger partial charge >= 0.3 is 11.9 Å². The number of rotatable bonds is 4. The molecule has 0 aliphatic heterocycles. The maximum Gasteiger partial charge on any atom is 0.340 e. The fourth-order valence-corrected chi connectivity index (χ4v) is 2.17. The predicted octanol–water partition coefficient (Wildman–Crippen LogP) is 2.48. The SMILES string of the molecule is CCc1nn(-c2cccc(C(=O)O)c2)c(Cl)c1C(=O)O. The van der Waals surface area contributed by atoms with E-state index in [1.54, 1.807) is 19.1 Å². The van der Waals surface area contributed by atoms with Crippen molar-refractivity contribution in [2.24, 2.45) is 0 Å². The number of hydrogen-bond donors (Lipinski definition) is 2. The van der Waals surface area contributed by atoms with Gasteiger partial charge in [0, 0.05) is 0 Å². The van der Waals surface area contributed by atoms with Crippen LogP contribution >= 0.6 is 11.6 Å². The largest absolute Gasteiger partial charge is 0.478 e. The molecule has 0 saturated carbocycles. The van der Waals surface area contributed by atoms with Crippen LogP contribution in [0, 0.1) is 0 Å². The Hall–Kier alpha value is -2.34. The summed E-state index contributed by atoms with van der Waals surface area (Å²) in [5.74, 6) is -2.24. The monoisotopic (exact) mass is 294 g/mol. The van der Waals surface area contributed by atoms with Crippen LogP contribution in [0.25, 0.3) is 5.69 Å². The van der Waals surface area contributed by atoms with E-state index in [-0.39, 0.29) is 16.3 Å². The van der Waals surface area contributed by atoms with Crippen LogP contribution in [-0.4, -0.2) is 31.9 Å². The third-order valence-corrected chi connectivity index (χ3v) is 3.14. The van der Waals surface area contributed by atoms with Gasteiger partial charge in [-0.05, 0) is 24.6 Å². The molecule has 1 heterocycles. The summed E-state index contributed by atoms with van der Waals surface area (Å²) >= 11 is 6.04. The molecule has 2 N–H and O–H groups in total. The van der Waals surface area contributed by atoms with Crippen LogP contribution in [0.1, 0.15) is 33.3 Å². The number of hydrogen-bond acceptors (Lipinski definition) is 3. The highest BCUT2D eigenvalue weighted by Gasteiger charge is 2.22. The van der Waals surface area contributed by atoms with Crippen molar-refractivity contribution in [3.63, 3.8) is 0 Å². The van der Waals surface area contributed by atoms with Crippen LogP contribution < -0.4 is 0 Å². The molecule has 0 bridgehead atoms. The van der Waals surface area contributed by atoms with E-state index in [0.29, 0.717) is 17.8 Å². The lowest BCUT2D eigenvalue weighted by atomic mass is 10.2. The van der Waals surface area contributed by atoms with Crippen LogP contribution in [-0.2, 0) is 6.42 Å². The van der Waals surface area contributed by atoms with Gasteiger partial charge in [-0.1, -0.05) is 24.6 Å². The van der Waals surface area contributed by atoms with Crippen molar-refractivity contribution in [1.29, 1.82) is 0 Å². The summed E-state index contributed by atoms with van der Waals surface area (Å²) in [5.41, 5.74) is 0.763. The van der Waals surface area contributed by atoms with Gasteiger partial charge in [0.25, 0.3) is 0 Å². The van der Waals surface area contributed by atoms with Gasteiger partial charge in [-0.15, -0.1) is 0 Å². The number of nitrogens with zero attached hydrogens (tertiary/aromatic N) is 2. The van der Waals surface area contributed by atoms with Crippen LogP contribution in [0.3, 0.4) is 0 Å². The first-order valence-electron chi connectivity index (χ1n) is 5.80. The zero-order valence-corrected chi connectivity index (χ0v) is 11.3. The first-order chi connectivity index (χ1) is 9.45. The Morgan fingerprint density at radius 1 is 1.30 bits per heavy atom. The molecule has 0 fully saturated rings. The minimum absolute atomic E-state index is 0.0445. The van der Waals surface area contributed by atoms with Crippen molar-refractivity contribution >= 4 is 23.5 Å². The summed E-state index contributed by atoms with van der Waals surface area (Å²) in [4.78, 5) is 22.1. The average Bonchev–Trinajstić information content (AvgIpc) is 2.75. The Kier molecular flexibility index (Phi) is 3.76. The average molecular weight is 295 g/mol. The van der Waals surface area contributed by atoms with Crippen LogP contribution in [0.2, 0.25) is 5.15 Å². The molecule has 7 heteroatoms. The molecular formula is C13H11ClN2O4. The first-order valence-corrected chi connectivity index (χ1v) is 6.18. The van der Waals surface area contributed by atoms with Gasteiger partial charge < -0.3 is 10.2 Å². The third kappa shape index (κ3) is 2.37. The molecule has 0 amide bonds. The van der Waals surface area contributed by atoms with Crippen molar-refractivity contribution < 1.29 is 19.8 Å². The van der Waals surface area contributed by atoms with Crippen LogP contribution in [0.15, 0.2) is 24.3 Å². The van der Waals surface area contributed by atoms with Gasteiger partial charge in [0.05, 0.1) is 16.9 Å². The fraction of sp³-hybridized carbons (Fsp3) is 0.154. The van der Waals surface area contributed by atoms with Crippen molar-refractivity contribution in [3.05, 3.63) is 46.2 Å². The molecule has 1 aromatic carbocycles. The number of carboxylic acids is 2. The Bertz CT molecular complexity index is 694. The molecule has 104 valence electrons. The predicted molar refractivity (Wildman–Crippen MR) is 71.9 cm³/mol. The van der Waals surface area contributed by atoms with E-state index in [9.17, 15) is 9.59 Å². The van der Waals surface area contributed by atoms with Crippen molar-refractivity contribution in [1.82, 2.24) is 9.78 Å². The molecule has 20 heavy (non-hydrogen) atoms. The summed E-state index contributed by atoms with van der Waals surface area (Å²) < 4.78 is 1.23. The molecule has 0 atom stereocenters. The lowest BCUT2D eigenvalue weighted by Crippen LogP contribution is -2.02. The maximum atomic E-state index is 11.2.